The van der Waals surface area contributed by atoms with Gasteiger partial charge in [0.2, 0.25) is 0 Å². The first-order valence-corrected chi connectivity index (χ1v) is 9.23. The van der Waals surface area contributed by atoms with Crippen molar-refractivity contribution < 1.29 is 0 Å². The Labute approximate surface area is 127 Å². The van der Waals surface area contributed by atoms with Gasteiger partial charge in [0, 0.05) is 6.04 Å². The Morgan fingerprint density at radius 2 is 1.60 bits per heavy atom. The monoisotopic (exact) mass is 282 g/mol. The van der Waals surface area contributed by atoms with Crippen LogP contribution in [0.1, 0.15) is 78.6 Å². The van der Waals surface area contributed by atoms with E-state index in [9.17, 15) is 0 Å². The van der Waals surface area contributed by atoms with Crippen LogP contribution in [0.4, 0.5) is 0 Å². The van der Waals surface area contributed by atoms with Crippen molar-refractivity contribution in [2.24, 2.45) is 5.92 Å². The summed E-state index contributed by atoms with van der Waals surface area (Å²) in [5, 5.41) is 3.77. The van der Waals surface area contributed by atoms with Crippen molar-refractivity contribution in [2.45, 2.75) is 84.6 Å². The first kappa shape index (κ1) is 18.0. The number of hydrogen-bond acceptors (Lipinski definition) is 2. The van der Waals surface area contributed by atoms with Crippen LogP contribution in [0, 0.1) is 5.92 Å². The quantitative estimate of drug-likeness (QED) is 0.563. The first-order chi connectivity index (χ1) is 9.77. The van der Waals surface area contributed by atoms with E-state index < -0.39 is 0 Å². The predicted octanol–water partition coefficient (Wildman–Crippen LogP) is 4.45. The van der Waals surface area contributed by atoms with Gasteiger partial charge in [0.15, 0.2) is 0 Å². The van der Waals surface area contributed by atoms with Crippen LogP contribution in [0.3, 0.4) is 0 Å². The molecule has 1 N–H and O–H groups in total. The average molecular weight is 283 g/mol. The van der Waals surface area contributed by atoms with Crippen LogP contribution in [0.5, 0.6) is 0 Å². The maximum atomic E-state index is 3.77. The molecule has 0 aromatic carbocycles. The van der Waals surface area contributed by atoms with E-state index in [1.807, 2.05) is 0 Å². The van der Waals surface area contributed by atoms with Crippen molar-refractivity contribution in [1.82, 2.24) is 10.2 Å². The van der Waals surface area contributed by atoms with Crippen LogP contribution in [-0.4, -0.2) is 37.1 Å². The fourth-order valence-electron chi connectivity index (χ4n) is 3.39. The van der Waals surface area contributed by atoms with E-state index in [4.69, 9.17) is 0 Å². The molecule has 1 atom stereocenters. The summed E-state index contributed by atoms with van der Waals surface area (Å²) in [6.07, 6.45) is 12.5. The summed E-state index contributed by atoms with van der Waals surface area (Å²) in [5.74, 6) is 0.906. The number of likely N-dealkylation sites (tertiary alicyclic amines) is 1. The number of unbranched alkanes of at least 4 members (excludes halogenated alkanes) is 5. The summed E-state index contributed by atoms with van der Waals surface area (Å²) in [4.78, 5) is 2.64. The Kier molecular flexibility index (Phi) is 10.4. The molecule has 0 amide bonds. The maximum Gasteiger partial charge on any atom is 0.00679 e. The molecule has 0 bridgehead atoms. The number of piperidine rings is 1. The summed E-state index contributed by atoms with van der Waals surface area (Å²) < 4.78 is 0. The van der Waals surface area contributed by atoms with Crippen LogP contribution in [0.2, 0.25) is 0 Å². The van der Waals surface area contributed by atoms with Crippen LogP contribution >= 0.6 is 0 Å². The molecule has 0 saturated carbocycles. The molecular weight excluding hydrogens is 244 g/mol. The number of hydrogen-bond donors (Lipinski definition) is 1. The van der Waals surface area contributed by atoms with E-state index in [0.717, 1.165) is 12.0 Å². The van der Waals surface area contributed by atoms with Crippen molar-refractivity contribution in [3.63, 3.8) is 0 Å². The fraction of sp³-hybridized carbons (Fsp3) is 1.00. The van der Waals surface area contributed by atoms with Gasteiger partial charge in [-0.25, -0.2) is 0 Å². The topological polar surface area (TPSA) is 15.3 Å². The number of rotatable bonds is 11. The molecule has 1 rings (SSSR count). The highest BCUT2D eigenvalue weighted by Crippen LogP contribution is 2.20. The molecule has 20 heavy (non-hydrogen) atoms. The van der Waals surface area contributed by atoms with Crippen LogP contribution in [0.15, 0.2) is 0 Å². The molecule has 0 radical (unpaired) electrons. The lowest BCUT2D eigenvalue weighted by atomic mass is 9.90. The third-order valence-electron chi connectivity index (χ3n) is 4.88. The molecule has 0 aromatic rings. The fourth-order valence-corrected chi connectivity index (χ4v) is 3.39. The Morgan fingerprint density at radius 3 is 2.25 bits per heavy atom. The lowest BCUT2D eigenvalue weighted by Crippen LogP contribution is -2.42. The zero-order chi connectivity index (χ0) is 14.6. The normalized spacial score (nSPS) is 19.4. The van der Waals surface area contributed by atoms with Gasteiger partial charge in [-0.3, -0.25) is 0 Å². The highest BCUT2D eigenvalue weighted by atomic mass is 15.1. The minimum Gasteiger partial charge on any atom is -0.314 e. The molecule has 2 nitrogen and oxygen atoms in total. The van der Waals surface area contributed by atoms with Crippen molar-refractivity contribution in [3.8, 4) is 0 Å². The zero-order valence-corrected chi connectivity index (χ0v) is 14.3. The summed E-state index contributed by atoms with van der Waals surface area (Å²) in [5.41, 5.74) is 0. The molecule has 120 valence electrons. The van der Waals surface area contributed by atoms with Gasteiger partial charge < -0.3 is 10.2 Å². The molecule has 0 aromatic heterocycles. The maximum absolute atomic E-state index is 3.77. The first-order valence-electron chi connectivity index (χ1n) is 9.23. The Balaban J connectivity index is 1.98. The van der Waals surface area contributed by atoms with Crippen LogP contribution in [-0.2, 0) is 0 Å². The highest BCUT2D eigenvalue weighted by molar-refractivity contribution is 4.79. The zero-order valence-electron chi connectivity index (χ0n) is 14.3. The van der Waals surface area contributed by atoms with Gasteiger partial charge in [-0.15, -0.1) is 0 Å². The van der Waals surface area contributed by atoms with E-state index in [-0.39, 0.29) is 0 Å². The standard InChI is InChI=1S/C18H38N2/c1-4-6-7-8-9-10-13-19-17(3)18-11-15-20(14-5-2)16-12-18/h17-19H,4-16H2,1-3H3. The van der Waals surface area contributed by atoms with Gasteiger partial charge >= 0.3 is 0 Å². The average Bonchev–Trinajstić information content (AvgIpc) is 2.47. The lowest BCUT2D eigenvalue weighted by Gasteiger charge is -2.35. The molecule has 0 spiro atoms. The van der Waals surface area contributed by atoms with Crippen molar-refractivity contribution in [3.05, 3.63) is 0 Å². The van der Waals surface area contributed by atoms with Gasteiger partial charge in [-0.2, -0.15) is 0 Å². The van der Waals surface area contributed by atoms with Crippen molar-refractivity contribution in [1.29, 1.82) is 0 Å². The summed E-state index contributed by atoms with van der Waals surface area (Å²) in [6, 6.07) is 0.717. The minimum atomic E-state index is 0.717. The van der Waals surface area contributed by atoms with Gasteiger partial charge in [-0.05, 0) is 64.7 Å². The van der Waals surface area contributed by atoms with Gasteiger partial charge in [0.25, 0.3) is 0 Å². The van der Waals surface area contributed by atoms with Gasteiger partial charge in [0.1, 0.15) is 0 Å². The van der Waals surface area contributed by atoms with E-state index in [1.165, 1.54) is 84.0 Å². The second-order valence-electron chi connectivity index (χ2n) is 6.69. The Morgan fingerprint density at radius 1 is 0.950 bits per heavy atom. The Bertz CT molecular complexity index is 209. The molecule has 1 aliphatic heterocycles. The summed E-state index contributed by atoms with van der Waals surface area (Å²) >= 11 is 0. The molecule has 0 aliphatic carbocycles. The van der Waals surface area contributed by atoms with Crippen molar-refractivity contribution in [2.75, 3.05) is 26.2 Å². The molecule has 1 fully saturated rings. The van der Waals surface area contributed by atoms with Gasteiger partial charge in [0.05, 0.1) is 0 Å². The highest BCUT2D eigenvalue weighted by Gasteiger charge is 2.22. The molecular formula is C18H38N2. The molecule has 1 saturated heterocycles. The second-order valence-corrected chi connectivity index (χ2v) is 6.69. The molecule has 2 heteroatoms. The SMILES string of the molecule is CCCCCCCCNC(C)C1CCN(CCC)CC1. The van der Waals surface area contributed by atoms with Crippen LogP contribution in [0.25, 0.3) is 0 Å². The number of nitrogens with one attached hydrogen (secondary N) is 1. The van der Waals surface area contributed by atoms with Crippen LogP contribution < -0.4 is 5.32 Å². The second kappa shape index (κ2) is 11.6. The van der Waals surface area contributed by atoms with Gasteiger partial charge in [-0.1, -0.05) is 46.0 Å². The van der Waals surface area contributed by atoms with E-state index in [1.54, 1.807) is 0 Å². The third kappa shape index (κ3) is 7.64. The summed E-state index contributed by atoms with van der Waals surface area (Å²) in [7, 11) is 0. The molecule has 1 heterocycles. The number of nitrogens with zero attached hydrogens (tertiary/aromatic N) is 1. The van der Waals surface area contributed by atoms with Crippen molar-refractivity contribution >= 4 is 0 Å². The lowest BCUT2D eigenvalue weighted by molar-refractivity contribution is 0.163. The smallest absolute Gasteiger partial charge is 0.00679 e. The summed E-state index contributed by atoms with van der Waals surface area (Å²) in [6.45, 7) is 12.1. The predicted molar refractivity (Wildman–Crippen MR) is 90.3 cm³/mol. The van der Waals surface area contributed by atoms with E-state index in [0.29, 0.717) is 0 Å². The molecule has 1 aliphatic rings. The largest absolute Gasteiger partial charge is 0.314 e. The van der Waals surface area contributed by atoms with E-state index >= 15 is 0 Å². The molecule has 1 unspecified atom stereocenters. The minimum absolute atomic E-state index is 0.717. The third-order valence-corrected chi connectivity index (χ3v) is 4.88. The van der Waals surface area contributed by atoms with E-state index in [2.05, 4.69) is 31.0 Å². The Hall–Kier alpha value is -0.0800.